The minimum absolute atomic E-state index is 0.196. The molecule has 0 fully saturated rings. The number of hydrogen-bond donors (Lipinski definition) is 0. The van der Waals surface area contributed by atoms with Crippen molar-refractivity contribution in [3.05, 3.63) is 0 Å². The SMILES string of the molecule is CCCCCC[Si](CC[O])(CCCCCC)CCCCCC. The van der Waals surface area contributed by atoms with Gasteiger partial charge in [-0.05, 0) is 6.04 Å². The minimum Gasteiger partial charge on any atom is -0.237 e. The maximum absolute atomic E-state index is 11.4. The summed E-state index contributed by atoms with van der Waals surface area (Å²) >= 11 is 0. The third-order valence-electron chi connectivity index (χ3n) is 5.31. The molecule has 0 aliphatic rings. The Labute approximate surface area is 142 Å². The highest BCUT2D eigenvalue weighted by molar-refractivity contribution is 6.79. The molecule has 0 aromatic rings. The Kier molecular flexibility index (Phi) is 16.2. The van der Waals surface area contributed by atoms with Crippen LogP contribution in [0, 0.1) is 0 Å². The molecule has 2 heteroatoms. The van der Waals surface area contributed by atoms with Crippen LogP contribution < -0.4 is 0 Å². The van der Waals surface area contributed by atoms with E-state index in [1.54, 1.807) is 0 Å². The zero-order valence-electron chi connectivity index (χ0n) is 15.9. The molecule has 0 aromatic heterocycles. The fraction of sp³-hybridized carbons (Fsp3) is 1.00. The molecule has 0 atom stereocenters. The van der Waals surface area contributed by atoms with Gasteiger partial charge in [0.25, 0.3) is 0 Å². The van der Waals surface area contributed by atoms with E-state index in [-0.39, 0.29) is 6.61 Å². The molecule has 133 valence electrons. The first-order chi connectivity index (χ1) is 10.7. The molecular weight excluding hydrogens is 284 g/mol. The van der Waals surface area contributed by atoms with E-state index < -0.39 is 8.07 Å². The van der Waals surface area contributed by atoms with E-state index in [1.807, 2.05) is 0 Å². The lowest BCUT2D eigenvalue weighted by Crippen LogP contribution is -2.34. The van der Waals surface area contributed by atoms with Gasteiger partial charge in [-0.3, -0.25) is 0 Å². The first kappa shape index (κ1) is 22.2. The van der Waals surface area contributed by atoms with Gasteiger partial charge in [0.05, 0.1) is 14.7 Å². The Morgan fingerprint density at radius 1 is 0.500 bits per heavy atom. The molecule has 0 aromatic carbocycles. The molecule has 0 heterocycles. The van der Waals surface area contributed by atoms with Crippen molar-refractivity contribution < 1.29 is 5.11 Å². The molecule has 0 spiro atoms. The molecule has 0 rings (SSSR count). The van der Waals surface area contributed by atoms with Gasteiger partial charge in [0.15, 0.2) is 0 Å². The summed E-state index contributed by atoms with van der Waals surface area (Å²) < 4.78 is 0. The van der Waals surface area contributed by atoms with Gasteiger partial charge in [-0.25, -0.2) is 5.11 Å². The third-order valence-corrected chi connectivity index (χ3v) is 10.8. The van der Waals surface area contributed by atoms with E-state index in [1.165, 1.54) is 95.2 Å². The molecule has 1 nitrogen and oxygen atoms in total. The predicted molar refractivity (Wildman–Crippen MR) is 103 cm³/mol. The third kappa shape index (κ3) is 11.7. The lowest BCUT2D eigenvalue weighted by molar-refractivity contribution is 0.210. The average Bonchev–Trinajstić information content (AvgIpc) is 2.53. The van der Waals surface area contributed by atoms with Gasteiger partial charge in [0.1, 0.15) is 0 Å². The van der Waals surface area contributed by atoms with Gasteiger partial charge < -0.3 is 0 Å². The number of rotatable bonds is 17. The highest BCUT2D eigenvalue weighted by Gasteiger charge is 2.30. The van der Waals surface area contributed by atoms with Crippen molar-refractivity contribution in [1.29, 1.82) is 0 Å². The van der Waals surface area contributed by atoms with Crippen molar-refractivity contribution in [2.24, 2.45) is 0 Å². The number of hydrogen-bond acceptors (Lipinski definition) is 0. The quantitative estimate of drug-likeness (QED) is 0.193. The Morgan fingerprint density at radius 2 is 0.864 bits per heavy atom. The van der Waals surface area contributed by atoms with E-state index in [0.717, 1.165) is 6.04 Å². The second kappa shape index (κ2) is 16.0. The molecule has 0 aliphatic heterocycles. The zero-order chi connectivity index (χ0) is 16.5. The first-order valence-electron chi connectivity index (χ1n) is 10.3. The van der Waals surface area contributed by atoms with Crippen molar-refractivity contribution in [3.8, 4) is 0 Å². The largest absolute Gasteiger partial charge is 0.237 e. The molecule has 1 radical (unpaired) electrons. The molecule has 0 aliphatic carbocycles. The topological polar surface area (TPSA) is 19.9 Å². The van der Waals surface area contributed by atoms with Crippen LogP contribution in [0.5, 0.6) is 0 Å². The Morgan fingerprint density at radius 3 is 1.14 bits per heavy atom. The maximum Gasteiger partial charge on any atom is 0.0799 e. The fourth-order valence-electron chi connectivity index (χ4n) is 3.75. The van der Waals surface area contributed by atoms with Crippen LogP contribution in [0.4, 0.5) is 0 Å². The van der Waals surface area contributed by atoms with Gasteiger partial charge >= 0.3 is 0 Å². The first-order valence-corrected chi connectivity index (χ1v) is 13.2. The molecular formula is C20H43OSi. The van der Waals surface area contributed by atoms with Gasteiger partial charge in [0.2, 0.25) is 0 Å². The summed E-state index contributed by atoms with van der Waals surface area (Å²) in [5.41, 5.74) is 0. The van der Waals surface area contributed by atoms with Crippen molar-refractivity contribution in [1.82, 2.24) is 0 Å². The van der Waals surface area contributed by atoms with Crippen LogP contribution in [0.2, 0.25) is 24.2 Å². The zero-order valence-corrected chi connectivity index (χ0v) is 16.9. The van der Waals surface area contributed by atoms with E-state index in [4.69, 9.17) is 0 Å². The smallest absolute Gasteiger partial charge is 0.0799 e. The standard InChI is InChI=1S/C20H43OSi/c1-4-7-10-13-17-22(20-16-21,18-14-11-8-5-2)19-15-12-9-6-3/h4-20H2,1-3H3. The van der Waals surface area contributed by atoms with Crippen LogP contribution in [-0.4, -0.2) is 14.7 Å². The highest BCUT2D eigenvalue weighted by Crippen LogP contribution is 2.33. The molecule has 22 heavy (non-hydrogen) atoms. The second-order valence-corrected chi connectivity index (χ2v) is 12.4. The minimum atomic E-state index is -1.26. The van der Waals surface area contributed by atoms with E-state index in [2.05, 4.69) is 20.8 Å². The van der Waals surface area contributed by atoms with Crippen molar-refractivity contribution in [2.45, 2.75) is 122 Å². The fourth-order valence-corrected chi connectivity index (χ4v) is 8.68. The van der Waals surface area contributed by atoms with Crippen LogP contribution >= 0.6 is 0 Å². The van der Waals surface area contributed by atoms with Crippen molar-refractivity contribution >= 4 is 8.07 Å². The Balaban J connectivity index is 4.39. The predicted octanol–water partition coefficient (Wildman–Crippen LogP) is 7.61. The van der Waals surface area contributed by atoms with Gasteiger partial charge in [-0.1, -0.05) is 116 Å². The summed E-state index contributed by atoms with van der Waals surface area (Å²) in [6.07, 6.45) is 16.5. The summed E-state index contributed by atoms with van der Waals surface area (Å²) in [6.45, 7) is 7.06. The molecule has 0 unspecified atom stereocenters. The van der Waals surface area contributed by atoms with Gasteiger partial charge in [-0.15, -0.1) is 0 Å². The van der Waals surface area contributed by atoms with Crippen LogP contribution in [0.15, 0.2) is 0 Å². The lowest BCUT2D eigenvalue weighted by Gasteiger charge is -2.32. The monoisotopic (exact) mass is 327 g/mol. The second-order valence-electron chi connectivity index (χ2n) is 7.39. The lowest BCUT2D eigenvalue weighted by atomic mass is 10.2. The Bertz CT molecular complexity index is 186. The van der Waals surface area contributed by atoms with Crippen LogP contribution in [-0.2, 0) is 5.11 Å². The summed E-state index contributed by atoms with van der Waals surface area (Å²) in [7, 11) is -1.26. The van der Waals surface area contributed by atoms with Crippen molar-refractivity contribution in [3.63, 3.8) is 0 Å². The van der Waals surface area contributed by atoms with E-state index in [9.17, 15) is 5.11 Å². The van der Waals surface area contributed by atoms with E-state index >= 15 is 0 Å². The Hall–Kier alpha value is 0.177. The summed E-state index contributed by atoms with van der Waals surface area (Å²) in [6, 6.07) is 5.42. The van der Waals surface area contributed by atoms with Crippen LogP contribution in [0.3, 0.4) is 0 Å². The van der Waals surface area contributed by atoms with Gasteiger partial charge in [0, 0.05) is 0 Å². The average molecular weight is 328 g/mol. The van der Waals surface area contributed by atoms with Crippen molar-refractivity contribution in [2.75, 3.05) is 6.61 Å². The van der Waals surface area contributed by atoms with E-state index in [0.29, 0.717) is 0 Å². The molecule has 0 amide bonds. The van der Waals surface area contributed by atoms with Crippen LogP contribution in [0.25, 0.3) is 0 Å². The maximum atomic E-state index is 11.4. The molecule has 0 saturated carbocycles. The summed E-state index contributed by atoms with van der Waals surface area (Å²) in [5.74, 6) is 0. The molecule has 0 N–H and O–H groups in total. The molecule has 0 bridgehead atoms. The molecule has 0 saturated heterocycles. The summed E-state index contributed by atoms with van der Waals surface area (Å²) in [5, 5.41) is 11.4. The highest BCUT2D eigenvalue weighted by atomic mass is 28.3. The summed E-state index contributed by atoms with van der Waals surface area (Å²) in [4.78, 5) is 0. The van der Waals surface area contributed by atoms with Crippen LogP contribution in [0.1, 0.15) is 97.8 Å². The van der Waals surface area contributed by atoms with Gasteiger partial charge in [-0.2, -0.15) is 0 Å². The normalized spacial score (nSPS) is 12.0. The number of unbranched alkanes of at least 4 members (excludes halogenated alkanes) is 9.